The molecule has 1 unspecified atom stereocenters. The molecule has 0 N–H and O–H groups in total. The molecule has 1 aliphatic heterocycles. The maximum absolute atomic E-state index is 6.06. The lowest BCUT2D eigenvalue weighted by molar-refractivity contribution is -0.128. The molecule has 1 aliphatic rings. The molecular weight excluding hydrogens is 386 g/mol. The Morgan fingerprint density at radius 1 is 1.45 bits per heavy atom. The van der Waals surface area contributed by atoms with Gasteiger partial charge in [0.15, 0.2) is 0 Å². The molecule has 2 heterocycles. The Morgan fingerprint density at radius 3 is 2.70 bits per heavy atom. The summed E-state index contributed by atoms with van der Waals surface area (Å²) in [6.07, 6.45) is 1.20. The molecule has 1 fully saturated rings. The Kier molecular flexibility index (Phi) is 5.32. The molecule has 1 atom stereocenters. The van der Waals surface area contributed by atoms with Crippen LogP contribution in [0.25, 0.3) is 0 Å². The molecule has 0 aliphatic carbocycles. The monoisotopic (exact) mass is 407 g/mol. The van der Waals surface area contributed by atoms with Gasteiger partial charge in [-0.1, -0.05) is 22.9 Å². The molecule has 0 bridgehead atoms. The average molecular weight is 409 g/mol. The van der Waals surface area contributed by atoms with Crippen LogP contribution in [0.4, 0.5) is 0 Å². The van der Waals surface area contributed by atoms with Gasteiger partial charge in [-0.3, -0.25) is 9.58 Å². The number of ether oxygens (including phenoxy) is 1. The highest BCUT2D eigenvalue weighted by Crippen LogP contribution is 2.27. The smallest absolute Gasteiger partial charge is 0.0806 e. The molecule has 20 heavy (non-hydrogen) atoms. The van der Waals surface area contributed by atoms with Gasteiger partial charge in [0, 0.05) is 32.0 Å². The highest BCUT2D eigenvalue weighted by atomic mass is 79.9. The third-order valence-corrected chi connectivity index (χ3v) is 5.24. The van der Waals surface area contributed by atoms with Crippen molar-refractivity contribution in [3.8, 4) is 0 Å². The van der Waals surface area contributed by atoms with Crippen LogP contribution in [0, 0.1) is 0 Å². The summed E-state index contributed by atoms with van der Waals surface area (Å²) in [5, 5.41) is 5.45. The number of rotatable bonds is 4. The van der Waals surface area contributed by atoms with E-state index in [0.29, 0.717) is 0 Å². The number of hydrogen-bond donors (Lipinski definition) is 0. The van der Waals surface area contributed by atoms with E-state index in [1.165, 1.54) is 5.69 Å². The van der Waals surface area contributed by atoms with Crippen molar-refractivity contribution in [3.63, 3.8) is 0 Å². The van der Waals surface area contributed by atoms with Crippen molar-refractivity contribution in [2.24, 2.45) is 7.05 Å². The van der Waals surface area contributed by atoms with E-state index in [2.05, 4.69) is 62.6 Å². The van der Waals surface area contributed by atoms with Gasteiger partial charge in [0.05, 0.1) is 27.6 Å². The van der Waals surface area contributed by atoms with Gasteiger partial charge >= 0.3 is 0 Å². The highest BCUT2D eigenvalue weighted by Gasteiger charge is 2.33. The van der Waals surface area contributed by atoms with Crippen LogP contribution in [0.5, 0.6) is 0 Å². The van der Waals surface area contributed by atoms with Crippen LogP contribution < -0.4 is 0 Å². The number of hydrogen-bond acceptors (Lipinski definition) is 3. The van der Waals surface area contributed by atoms with Crippen LogP contribution in [0.3, 0.4) is 0 Å². The second-order valence-corrected chi connectivity index (χ2v) is 7.45. The molecule has 0 amide bonds. The van der Waals surface area contributed by atoms with Crippen LogP contribution in [-0.4, -0.2) is 44.8 Å². The van der Waals surface area contributed by atoms with Crippen molar-refractivity contribution in [1.82, 2.24) is 14.7 Å². The fraction of sp³-hybridized carbons (Fsp3) is 0.786. The van der Waals surface area contributed by atoms with Crippen molar-refractivity contribution in [3.05, 3.63) is 15.9 Å². The molecule has 0 radical (unpaired) electrons. The summed E-state index contributed by atoms with van der Waals surface area (Å²) >= 11 is 7.24. The van der Waals surface area contributed by atoms with Crippen molar-refractivity contribution in [2.45, 2.75) is 45.4 Å². The topological polar surface area (TPSA) is 30.3 Å². The van der Waals surface area contributed by atoms with Crippen LogP contribution in [0.1, 0.15) is 32.2 Å². The summed E-state index contributed by atoms with van der Waals surface area (Å²) in [6.45, 7) is 9.24. The van der Waals surface area contributed by atoms with E-state index < -0.39 is 0 Å². The van der Waals surface area contributed by atoms with Gasteiger partial charge in [0.25, 0.3) is 0 Å². The van der Waals surface area contributed by atoms with E-state index in [1.807, 2.05) is 11.7 Å². The molecule has 0 spiro atoms. The summed E-state index contributed by atoms with van der Waals surface area (Å²) in [5.41, 5.74) is 2.27. The molecule has 2 rings (SSSR count). The largest absolute Gasteiger partial charge is 0.369 e. The minimum absolute atomic E-state index is 0.102. The Labute approximate surface area is 138 Å². The van der Waals surface area contributed by atoms with Gasteiger partial charge < -0.3 is 4.74 Å². The van der Waals surface area contributed by atoms with E-state index in [0.717, 1.165) is 41.6 Å². The first-order valence-corrected chi connectivity index (χ1v) is 8.94. The van der Waals surface area contributed by atoms with Gasteiger partial charge in [0.2, 0.25) is 0 Å². The number of nitrogens with zero attached hydrogens (tertiary/aromatic N) is 3. The second kappa shape index (κ2) is 6.46. The zero-order valence-electron chi connectivity index (χ0n) is 12.6. The van der Waals surface area contributed by atoms with E-state index in [4.69, 9.17) is 4.74 Å². The molecule has 1 aromatic rings. The summed E-state index contributed by atoms with van der Waals surface area (Å²) in [4.78, 5) is 2.46. The van der Waals surface area contributed by atoms with E-state index in [-0.39, 0.29) is 11.7 Å². The van der Waals surface area contributed by atoms with Crippen LogP contribution in [0.2, 0.25) is 0 Å². The minimum atomic E-state index is -0.102. The SMILES string of the molecule is CCc1nn(C)c(CN2CC(CBr)OC(C)(C)C2)c1Br. The predicted molar refractivity (Wildman–Crippen MR) is 88.3 cm³/mol. The number of alkyl halides is 1. The second-order valence-electron chi connectivity index (χ2n) is 6.01. The first kappa shape index (κ1) is 16.5. The molecule has 0 saturated carbocycles. The first-order chi connectivity index (χ1) is 9.36. The van der Waals surface area contributed by atoms with Gasteiger partial charge in [-0.05, 0) is 36.2 Å². The molecule has 1 saturated heterocycles. The van der Waals surface area contributed by atoms with E-state index in [9.17, 15) is 0 Å². The molecular formula is C14H23Br2N3O. The average Bonchev–Trinajstić information content (AvgIpc) is 2.64. The lowest BCUT2D eigenvalue weighted by Gasteiger charge is -2.42. The summed E-state index contributed by atoms with van der Waals surface area (Å²) in [5.74, 6) is 0. The van der Waals surface area contributed by atoms with Gasteiger partial charge in [-0.25, -0.2) is 0 Å². The molecule has 0 aromatic carbocycles. The normalized spacial score (nSPS) is 23.2. The number of aromatic nitrogens is 2. The Bertz CT molecular complexity index is 473. The van der Waals surface area contributed by atoms with Crippen LogP contribution in [-0.2, 0) is 24.8 Å². The van der Waals surface area contributed by atoms with Crippen molar-refractivity contribution in [2.75, 3.05) is 18.4 Å². The van der Waals surface area contributed by atoms with Crippen LogP contribution in [0.15, 0.2) is 4.47 Å². The van der Waals surface area contributed by atoms with E-state index >= 15 is 0 Å². The van der Waals surface area contributed by atoms with E-state index in [1.54, 1.807) is 0 Å². The van der Waals surface area contributed by atoms with Crippen molar-refractivity contribution in [1.29, 1.82) is 0 Å². The fourth-order valence-electron chi connectivity index (χ4n) is 2.82. The third kappa shape index (κ3) is 3.64. The third-order valence-electron chi connectivity index (χ3n) is 3.60. The van der Waals surface area contributed by atoms with Gasteiger partial charge in [-0.2, -0.15) is 5.10 Å². The highest BCUT2D eigenvalue weighted by molar-refractivity contribution is 9.10. The first-order valence-electron chi connectivity index (χ1n) is 7.02. The summed E-state index contributed by atoms with van der Waals surface area (Å²) in [7, 11) is 2.02. The Hall–Kier alpha value is 0.0900. The van der Waals surface area contributed by atoms with Gasteiger partial charge in [-0.15, -0.1) is 0 Å². The number of halogens is 2. The lowest BCUT2D eigenvalue weighted by atomic mass is 10.1. The lowest BCUT2D eigenvalue weighted by Crippen LogP contribution is -2.53. The Balaban J connectivity index is 2.15. The van der Waals surface area contributed by atoms with Crippen LogP contribution >= 0.6 is 31.9 Å². The Morgan fingerprint density at radius 2 is 2.15 bits per heavy atom. The van der Waals surface area contributed by atoms with Crippen molar-refractivity contribution < 1.29 is 4.74 Å². The fourth-order valence-corrected chi connectivity index (χ4v) is 3.90. The molecule has 6 heteroatoms. The van der Waals surface area contributed by atoms with Crippen molar-refractivity contribution >= 4 is 31.9 Å². The zero-order valence-corrected chi connectivity index (χ0v) is 15.8. The molecule has 114 valence electrons. The summed E-state index contributed by atoms with van der Waals surface area (Å²) < 4.78 is 9.20. The maximum Gasteiger partial charge on any atom is 0.0806 e. The molecule has 1 aromatic heterocycles. The maximum atomic E-state index is 6.06. The predicted octanol–water partition coefficient (Wildman–Crippen LogP) is 3.12. The standard InChI is InChI=1S/C14H23Br2N3O/c1-5-11-13(16)12(18(4)17-11)8-19-7-10(6-15)20-14(2,3)9-19/h10H,5-9H2,1-4H3. The number of aryl methyl sites for hydroxylation is 2. The minimum Gasteiger partial charge on any atom is -0.369 e. The van der Waals surface area contributed by atoms with Gasteiger partial charge in [0.1, 0.15) is 0 Å². The zero-order chi connectivity index (χ0) is 14.9. The summed E-state index contributed by atoms with van der Waals surface area (Å²) in [6, 6.07) is 0. The number of morpholine rings is 1. The quantitative estimate of drug-likeness (QED) is 0.717. The molecule has 4 nitrogen and oxygen atoms in total.